The Balaban J connectivity index is 1.87. The molecule has 0 amide bonds. The highest BCUT2D eigenvalue weighted by Gasteiger charge is 2.22. The second kappa shape index (κ2) is 6.73. The lowest BCUT2D eigenvalue weighted by atomic mass is 9.84. The minimum absolute atomic E-state index is 0.735. The van der Waals surface area contributed by atoms with Crippen molar-refractivity contribution in [3.05, 3.63) is 35.4 Å². The van der Waals surface area contributed by atoms with E-state index in [1.165, 1.54) is 37.7 Å². The van der Waals surface area contributed by atoms with Gasteiger partial charge in [0, 0.05) is 12.6 Å². The molecule has 1 aliphatic rings. The van der Waals surface area contributed by atoms with Crippen LogP contribution in [0.25, 0.3) is 0 Å². The largest absolute Gasteiger partial charge is 0.299 e. The number of nitrogens with zero attached hydrogens (tertiary/aromatic N) is 2. The lowest BCUT2D eigenvalue weighted by molar-refractivity contribution is 0.157. The molecule has 0 heterocycles. The van der Waals surface area contributed by atoms with Crippen molar-refractivity contribution in [1.82, 2.24) is 4.90 Å². The maximum absolute atomic E-state index is 8.80. The molecular weight excluding hydrogens is 232 g/mol. The van der Waals surface area contributed by atoms with E-state index < -0.39 is 0 Å². The molecule has 1 aromatic rings. The summed E-state index contributed by atoms with van der Waals surface area (Å²) in [6, 6.07) is 10.9. The summed E-state index contributed by atoms with van der Waals surface area (Å²) in [5, 5.41) is 8.80. The summed E-state index contributed by atoms with van der Waals surface area (Å²) in [6.07, 6.45) is 6.79. The molecule has 0 unspecified atom stereocenters. The summed E-state index contributed by atoms with van der Waals surface area (Å²) in [5.41, 5.74) is 2.05. The molecule has 2 rings (SSSR count). The smallest absolute Gasteiger partial charge is 0.0991 e. The van der Waals surface area contributed by atoms with Gasteiger partial charge in [-0.1, -0.05) is 25.5 Å². The molecule has 102 valence electrons. The molecule has 0 bridgehead atoms. The first kappa shape index (κ1) is 14.1. The van der Waals surface area contributed by atoms with Crippen molar-refractivity contribution >= 4 is 0 Å². The first-order valence-corrected chi connectivity index (χ1v) is 7.42. The van der Waals surface area contributed by atoms with Gasteiger partial charge in [-0.15, -0.1) is 0 Å². The van der Waals surface area contributed by atoms with E-state index in [4.69, 9.17) is 5.26 Å². The molecule has 1 aromatic carbocycles. The van der Waals surface area contributed by atoms with Crippen LogP contribution in [0.2, 0.25) is 0 Å². The van der Waals surface area contributed by atoms with E-state index in [1.54, 1.807) is 0 Å². The fourth-order valence-corrected chi connectivity index (χ4v) is 3.10. The predicted octanol–water partition coefficient (Wildman–Crippen LogP) is 3.96. The van der Waals surface area contributed by atoms with E-state index in [2.05, 4.69) is 37.1 Å². The van der Waals surface area contributed by atoms with Crippen LogP contribution in [0.1, 0.15) is 50.2 Å². The number of nitriles is 1. The van der Waals surface area contributed by atoms with Crippen LogP contribution in [0.15, 0.2) is 24.3 Å². The van der Waals surface area contributed by atoms with Gasteiger partial charge in [0.05, 0.1) is 11.6 Å². The SMILES string of the molecule is CCC1CCC(N(C)Cc2ccc(C#N)cc2)CC1. The van der Waals surface area contributed by atoms with E-state index in [9.17, 15) is 0 Å². The highest BCUT2D eigenvalue weighted by atomic mass is 15.1. The Kier molecular flexibility index (Phi) is 4.99. The van der Waals surface area contributed by atoms with Gasteiger partial charge >= 0.3 is 0 Å². The van der Waals surface area contributed by atoms with Crippen LogP contribution in [-0.4, -0.2) is 18.0 Å². The summed E-state index contributed by atoms with van der Waals surface area (Å²) >= 11 is 0. The van der Waals surface area contributed by atoms with Gasteiger partial charge < -0.3 is 0 Å². The van der Waals surface area contributed by atoms with Crippen molar-refractivity contribution in [2.75, 3.05) is 7.05 Å². The predicted molar refractivity (Wildman–Crippen MR) is 78.7 cm³/mol. The van der Waals surface area contributed by atoms with Crippen LogP contribution in [0.4, 0.5) is 0 Å². The molecule has 0 saturated heterocycles. The van der Waals surface area contributed by atoms with E-state index in [0.29, 0.717) is 0 Å². The van der Waals surface area contributed by atoms with E-state index in [1.807, 2.05) is 12.1 Å². The van der Waals surface area contributed by atoms with Crippen LogP contribution >= 0.6 is 0 Å². The van der Waals surface area contributed by atoms with Gasteiger partial charge in [-0.3, -0.25) is 4.90 Å². The van der Waals surface area contributed by atoms with Gasteiger partial charge in [-0.05, 0) is 56.3 Å². The number of rotatable bonds is 4. The molecule has 0 radical (unpaired) electrons. The zero-order valence-corrected chi connectivity index (χ0v) is 12.1. The molecule has 0 spiro atoms. The number of hydrogen-bond donors (Lipinski definition) is 0. The van der Waals surface area contributed by atoms with Crippen LogP contribution in [0.5, 0.6) is 0 Å². The second-order valence-corrected chi connectivity index (χ2v) is 5.81. The topological polar surface area (TPSA) is 27.0 Å². The highest BCUT2D eigenvalue weighted by Crippen LogP contribution is 2.29. The lowest BCUT2D eigenvalue weighted by Gasteiger charge is -2.34. The zero-order chi connectivity index (χ0) is 13.7. The quantitative estimate of drug-likeness (QED) is 0.815. The minimum atomic E-state index is 0.735. The molecule has 0 aromatic heterocycles. The third kappa shape index (κ3) is 3.81. The van der Waals surface area contributed by atoms with Gasteiger partial charge in [-0.2, -0.15) is 5.26 Å². The van der Waals surface area contributed by atoms with Gasteiger partial charge in [0.15, 0.2) is 0 Å². The Morgan fingerprint density at radius 2 is 1.79 bits per heavy atom. The second-order valence-electron chi connectivity index (χ2n) is 5.81. The van der Waals surface area contributed by atoms with Gasteiger partial charge in [0.1, 0.15) is 0 Å². The van der Waals surface area contributed by atoms with Crippen molar-refractivity contribution < 1.29 is 0 Å². The molecular formula is C17H24N2. The summed E-state index contributed by atoms with van der Waals surface area (Å²) < 4.78 is 0. The maximum Gasteiger partial charge on any atom is 0.0991 e. The molecule has 1 saturated carbocycles. The summed E-state index contributed by atoms with van der Waals surface area (Å²) in [4.78, 5) is 2.48. The summed E-state index contributed by atoms with van der Waals surface area (Å²) in [7, 11) is 2.23. The zero-order valence-electron chi connectivity index (χ0n) is 12.1. The van der Waals surface area contributed by atoms with Gasteiger partial charge in [0.2, 0.25) is 0 Å². The molecule has 2 nitrogen and oxygen atoms in total. The Morgan fingerprint density at radius 3 is 2.32 bits per heavy atom. The third-order valence-electron chi connectivity index (χ3n) is 4.53. The number of benzene rings is 1. The highest BCUT2D eigenvalue weighted by molar-refractivity contribution is 5.31. The van der Waals surface area contributed by atoms with Crippen LogP contribution in [-0.2, 0) is 6.54 Å². The van der Waals surface area contributed by atoms with Crippen molar-refractivity contribution in [2.45, 2.75) is 51.6 Å². The molecule has 1 fully saturated rings. The van der Waals surface area contributed by atoms with Crippen molar-refractivity contribution in [1.29, 1.82) is 5.26 Å². The van der Waals surface area contributed by atoms with Crippen LogP contribution in [0, 0.1) is 17.2 Å². The van der Waals surface area contributed by atoms with Crippen molar-refractivity contribution in [3.63, 3.8) is 0 Å². The standard InChI is InChI=1S/C17H24N2/c1-3-14-8-10-17(11-9-14)19(2)13-16-6-4-15(12-18)5-7-16/h4-7,14,17H,3,8-11,13H2,1-2H3. The van der Waals surface area contributed by atoms with E-state index >= 15 is 0 Å². The van der Waals surface area contributed by atoms with Crippen molar-refractivity contribution in [3.8, 4) is 6.07 Å². The first-order valence-electron chi connectivity index (χ1n) is 7.42. The molecule has 0 N–H and O–H groups in total. The normalized spacial score (nSPS) is 23.3. The molecule has 1 aliphatic carbocycles. The average molecular weight is 256 g/mol. The van der Waals surface area contributed by atoms with Crippen LogP contribution in [0.3, 0.4) is 0 Å². The van der Waals surface area contributed by atoms with E-state index in [-0.39, 0.29) is 0 Å². The Hall–Kier alpha value is -1.33. The molecule has 0 aliphatic heterocycles. The third-order valence-corrected chi connectivity index (χ3v) is 4.53. The first-order chi connectivity index (χ1) is 9.22. The molecule has 19 heavy (non-hydrogen) atoms. The summed E-state index contributed by atoms with van der Waals surface area (Å²) in [6.45, 7) is 3.30. The lowest BCUT2D eigenvalue weighted by Crippen LogP contribution is -2.34. The monoisotopic (exact) mass is 256 g/mol. The Labute approximate surface area is 117 Å². The molecule has 2 heteroatoms. The van der Waals surface area contributed by atoms with Crippen LogP contribution < -0.4 is 0 Å². The van der Waals surface area contributed by atoms with Gasteiger partial charge in [-0.25, -0.2) is 0 Å². The Morgan fingerprint density at radius 1 is 1.16 bits per heavy atom. The number of hydrogen-bond acceptors (Lipinski definition) is 2. The Bertz CT molecular complexity index is 422. The van der Waals surface area contributed by atoms with Crippen molar-refractivity contribution in [2.24, 2.45) is 5.92 Å². The fraction of sp³-hybridized carbons (Fsp3) is 0.588. The van der Waals surface area contributed by atoms with E-state index in [0.717, 1.165) is 24.1 Å². The summed E-state index contributed by atoms with van der Waals surface area (Å²) in [5.74, 6) is 0.958. The fourth-order valence-electron chi connectivity index (χ4n) is 3.10. The van der Waals surface area contributed by atoms with Gasteiger partial charge in [0.25, 0.3) is 0 Å². The molecule has 0 atom stereocenters. The average Bonchev–Trinajstić information content (AvgIpc) is 2.48. The minimum Gasteiger partial charge on any atom is -0.299 e. The maximum atomic E-state index is 8.80.